The monoisotopic (exact) mass is 281 g/mol. The minimum atomic E-state index is -0.827. The molecule has 0 fully saturated rings. The van der Waals surface area contributed by atoms with E-state index in [0.29, 0.717) is 3.57 Å². The van der Waals surface area contributed by atoms with Crippen molar-refractivity contribution >= 4 is 28.3 Å². The predicted molar refractivity (Wildman–Crippen MR) is 49.1 cm³/mol. The molecule has 1 rings (SSSR count). The van der Waals surface area contributed by atoms with E-state index >= 15 is 0 Å². The third-order valence-corrected chi connectivity index (χ3v) is 2.13. The maximum Gasteiger partial charge on any atom is 0.352 e. The lowest BCUT2D eigenvalue weighted by molar-refractivity contribution is -0.387. The number of rotatable bonds is 1. The second kappa shape index (κ2) is 3.13. The fraction of sp³-hybridized carbons (Fsp3) is 0. The van der Waals surface area contributed by atoms with Crippen LogP contribution in [0, 0.1) is 13.7 Å². The van der Waals surface area contributed by atoms with Crippen molar-refractivity contribution < 1.29 is 15.1 Å². The Kier molecular flexibility index (Phi) is 2.36. The highest BCUT2D eigenvalue weighted by molar-refractivity contribution is 14.1. The third kappa shape index (κ3) is 1.42. The van der Waals surface area contributed by atoms with E-state index in [1.54, 1.807) is 22.6 Å². The highest BCUT2D eigenvalue weighted by Crippen LogP contribution is 2.37. The zero-order valence-corrected chi connectivity index (χ0v) is 7.85. The molecule has 0 amide bonds. The van der Waals surface area contributed by atoms with E-state index in [2.05, 4.69) is 0 Å². The standard InChI is InChI=1S/C6H4INO4/c7-3-1-2-4(9)5(6(3)10)8(11)12/h1-2,9-10H. The van der Waals surface area contributed by atoms with Gasteiger partial charge in [0.2, 0.25) is 5.75 Å². The summed E-state index contributed by atoms with van der Waals surface area (Å²) < 4.78 is 0.331. The molecule has 2 N–H and O–H groups in total. The van der Waals surface area contributed by atoms with Crippen LogP contribution in [-0.4, -0.2) is 15.1 Å². The number of nitrogens with zero attached hydrogens (tertiary/aromatic N) is 1. The minimum Gasteiger partial charge on any atom is -0.502 e. The molecular weight excluding hydrogens is 277 g/mol. The lowest BCUT2D eigenvalue weighted by Gasteiger charge is -1.99. The highest BCUT2D eigenvalue weighted by atomic mass is 127. The highest BCUT2D eigenvalue weighted by Gasteiger charge is 2.21. The number of phenolic OH excluding ortho intramolecular Hbond substituents is 2. The molecule has 64 valence electrons. The molecule has 12 heavy (non-hydrogen) atoms. The summed E-state index contributed by atoms with van der Waals surface area (Å²) in [6.07, 6.45) is 0. The summed E-state index contributed by atoms with van der Waals surface area (Å²) in [5.74, 6) is -1.03. The quantitative estimate of drug-likeness (QED) is 0.465. The normalized spacial score (nSPS) is 9.75. The molecule has 0 radical (unpaired) electrons. The molecule has 6 heteroatoms. The number of nitro groups is 1. The van der Waals surface area contributed by atoms with Gasteiger partial charge in [-0.1, -0.05) is 0 Å². The fourth-order valence-electron chi connectivity index (χ4n) is 0.724. The second-order valence-electron chi connectivity index (χ2n) is 2.02. The molecular formula is C6H4INO4. The molecule has 1 aromatic rings. The lowest BCUT2D eigenvalue weighted by Crippen LogP contribution is -1.90. The van der Waals surface area contributed by atoms with Crippen LogP contribution in [0.25, 0.3) is 0 Å². The van der Waals surface area contributed by atoms with Gasteiger partial charge in [-0.2, -0.15) is 0 Å². The predicted octanol–water partition coefficient (Wildman–Crippen LogP) is 1.61. The van der Waals surface area contributed by atoms with Crippen molar-refractivity contribution in [3.05, 3.63) is 25.8 Å². The van der Waals surface area contributed by atoms with Gasteiger partial charge in [0.25, 0.3) is 0 Å². The second-order valence-corrected chi connectivity index (χ2v) is 3.18. The smallest absolute Gasteiger partial charge is 0.352 e. The first kappa shape index (κ1) is 9.04. The Bertz CT molecular complexity index is 339. The minimum absolute atomic E-state index is 0.331. The molecule has 0 aromatic heterocycles. The van der Waals surface area contributed by atoms with E-state index in [0.717, 1.165) is 0 Å². The van der Waals surface area contributed by atoms with Gasteiger partial charge >= 0.3 is 5.69 Å². The number of nitro benzene ring substituents is 1. The molecule has 5 nitrogen and oxygen atoms in total. The summed E-state index contributed by atoms with van der Waals surface area (Å²) in [6, 6.07) is 2.55. The van der Waals surface area contributed by atoms with Crippen molar-refractivity contribution in [2.45, 2.75) is 0 Å². The number of halogens is 1. The summed E-state index contributed by atoms with van der Waals surface area (Å²) in [7, 11) is 0. The maximum atomic E-state index is 10.3. The third-order valence-electron chi connectivity index (χ3n) is 1.26. The van der Waals surface area contributed by atoms with Crippen LogP contribution in [0.15, 0.2) is 12.1 Å². The molecule has 0 spiro atoms. The van der Waals surface area contributed by atoms with Crippen molar-refractivity contribution in [1.29, 1.82) is 0 Å². The Morgan fingerprint density at radius 2 is 2.00 bits per heavy atom. The maximum absolute atomic E-state index is 10.3. The van der Waals surface area contributed by atoms with E-state index in [1.165, 1.54) is 12.1 Å². The van der Waals surface area contributed by atoms with Crippen LogP contribution in [0.2, 0.25) is 0 Å². The van der Waals surface area contributed by atoms with E-state index in [1.807, 2.05) is 0 Å². The van der Waals surface area contributed by atoms with Gasteiger partial charge in [0, 0.05) is 0 Å². The molecule has 0 aliphatic rings. The average Bonchev–Trinajstić information content (AvgIpc) is 1.97. The zero-order chi connectivity index (χ0) is 9.30. The Hall–Kier alpha value is -1.05. The van der Waals surface area contributed by atoms with Gasteiger partial charge in [-0.3, -0.25) is 10.1 Å². The van der Waals surface area contributed by atoms with Gasteiger partial charge < -0.3 is 10.2 Å². The van der Waals surface area contributed by atoms with Crippen molar-refractivity contribution in [2.24, 2.45) is 0 Å². The van der Waals surface area contributed by atoms with Gasteiger partial charge in [0.05, 0.1) is 8.49 Å². The summed E-state index contributed by atoms with van der Waals surface area (Å²) in [5.41, 5.74) is -0.651. The van der Waals surface area contributed by atoms with Crippen molar-refractivity contribution in [3.8, 4) is 11.5 Å². The first-order chi connectivity index (χ1) is 5.54. The number of aromatic hydroxyl groups is 2. The zero-order valence-electron chi connectivity index (χ0n) is 5.69. The van der Waals surface area contributed by atoms with E-state index in [4.69, 9.17) is 10.2 Å². The van der Waals surface area contributed by atoms with Crippen LogP contribution in [0.1, 0.15) is 0 Å². The van der Waals surface area contributed by atoms with Crippen LogP contribution < -0.4 is 0 Å². The molecule has 0 aliphatic carbocycles. The number of hydrogen-bond donors (Lipinski definition) is 2. The Morgan fingerprint density at radius 3 is 2.42 bits per heavy atom. The van der Waals surface area contributed by atoms with E-state index in [9.17, 15) is 10.1 Å². The van der Waals surface area contributed by atoms with Gasteiger partial charge in [0.1, 0.15) is 0 Å². The summed E-state index contributed by atoms with van der Waals surface area (Å²) in [4.78, 5) is 9.45. The summed E-state index contributed by atoms with van der Waals surface area (Å²) >= 11 is 1.73. The van der Waals surface area contributed by atoms with Gasteiger partial charge in [-0.15, -0.1) is 0 Å². The number of benzene rings is 1. The van der Waals surface area contributed by atoms with Crippen LogP contribution in [0.5, 0.6) is 11.5 Å². The van der Waals surface area contributed by atoms with Crippen LogP contribution in [-0.2, 0) is 0 Å². The Labute approximate surface area is 80.9 Å². The molecule has 0 atom stereocenters. The van der Waals surface area contributed by atoms with E-state index < -0.39 is 22.1 Å². The van der Waals surface area contributed by atoms with Crippen molar-refractivity contribution in [3.63, 3.8) is 0 Å². The molecule has 1 aromatic carbocycles. The summed E-state index contributed by atoms with van der Waals surface area (Å²) in [5, 5.41) is 28.4. The summed E-state index contributed by atoms with van der Waals surface area (Å²) in [6.45, 7) is 0. The van der Waals surface area contributed by atoms with Gasteiger partial charge in [0.15, 0.2) is 5.75 Å². The van der Waals surface area contributed by atoms with E-state index in [-0.39, 0.29) is 0 Å². The Morgan fingerprint density at radius 1 is 1.42 bits per heavy atom. The van der Waals surface area contributed by atoms with Gasteiger partial charge in [-0.05, 0) is 34.7 Å². The molecule has 0 saturated carbocycles. The molecule has 0 unspecified atom stereocenters. The molecule has 0 heterocycles. The van der Waals surface area contributed by atoms with Gasteiger partial charge in [-0.25, -0.2) is 0 Å². The SMILES string of the molecule is O=[N+]([O-])c1c(O)ccc(I)c1O. The number of hydrogen-bond acceptors (Lipinski definition) is 4. The number of phenols is 2. The topological polar surface area (TPSA) is 83.6 Å². The van der Waals surface area contributed by atoms with Crippen LogP contribution in [0.4, 0.5) is 5.69 Å². The molecule has 0 aliphatic heterocycles. The molecule has 0 bridgehead atoms. The largest absolute Gasteiger partial charge is 0.502 e. The fourth-order valence-corrected chi connectivity index (χ4v) is 1.16. The molecule has 0 saturated heterocycles. The van der Waals surface area contributed by atoms with Crippen molar-refractivity contribution in [2.75, 3.05) is 0 Å². The Balaban J connectivity index is 3.43. The lowest BCUT2D eigenvalue weighted by atomic mass is 10.3. The van der Waals surface area contributed by atoms with Crippen molar-refractivity contribution in [1.82, 2.24) is 0 Å². The first-order valence-electron chi connectivity index (χ1n) is 2.89. The van der Waals surface area contributed by atoms with Crippen LogP contribution >= 0.6 is 22.6 Å². The average molecular weight is 281 g/mol. The first-order valence-corrected chi connectivity index (χ1v) is 3.96. The van der Waals surface area contributed by atoms with Crippen LogP contribution in [0.3, 0.4) is 0 Å².